The van der Waals surface area contributed by atoms with Crippen molar-refractivity contribution in [1.29, 1.82) is 0 Å². The molecule has 0 aromatic rings. The maximum absolute atomic E-state index is 12.1. The number of amides is 1. The minimum Gasteiger partial charge on any atom is -0.483 e. The van der Waals surface area contributed by atoms with Gasteiger partial charge >= 0.3 is 5.97 Å². The van der Waals surface area contributed by atoms with Crippen LogP contribution in [0.3, 0.4) is 0 Å². The summed E-state index contributed by atoms with van der Waals surface area (Å²) in [6.45, 7) is 5.60. The van der Waals surface area contributed by atoms with Crippen molar-refractivity contribution in [2.24, 2.45) is 5.92 Å². The topological polar surface area (TPSA) is 134 Å². The van der Waals surface area contributed by atoms with Crippen molar-refractivity contribution in [2.75, 3.05) is 26.9 Å². The Balaban J connectivity index is 0.00000210. The third-order valence-corrected chi connectivity index (χ3v) is 4.62. The van der Waals surface area contributed by atoms with Crippen LogP contribution in [0, 0.1) is 5.92 Å². The molecule has 0 bridgehead atoms. The van der Waals surface area contributed by atoms with E-state index in [2.05, 4.69) is 24.5 Å². The lowest BCUT2D eigenvalue weighted by molar-refractivity contribution is -0.144. The summed E-state index contributed by atoms with van der Waals surface area (Å²) < 4.78 is 10.8. The van der Waals surface area contributed by atoms with Crippen LogP contribution in [0.4, 0.5) is 0 Å². The highest BCUT2D eigenvalue weighted by Crippen LogP contribution is 2.15. The summed E-state index contributed by atoms with van der Waals surface area (Å²) in [7, 11) is 1.70. The summed E-state index contributed by atoms with van der Waals surface area (Å²) >= 11 is 0. The number of carboxylic acid groups (broad SMARTS) is 2. The van der Waals surface area contributed by atoms with Crippen molar-refractivity contribution in [1.82, 2.24) is 10.6 Å². The quantitative estimate of drug-likeness (QED) is 0.232. The average molecular weight is 390 g/mol. The molecule has 158 valence electrons. The Labute approximate surface area is 160 Å². The van der Waals surface area contributed by atoms with E-state index in [-0.39, 0.29) is 18.6 Å². The Morgan fingerprint density at radius 3 is 2.56 bits per heavy atom. The first-order valence-corrected chi connectivity index (χ1v) is 9.36. The summed E-state index contributed by atoms with van der Waals surface area (Å²) in [4.78, 5) is 31.8. The molecule has 0 saturated carbocycles. The second-order valence-corrected chi connectivity index (χ2v) is 6.55. The first-order valence-electron chi connectivity index (χ1n) is 9.36. The van der Waals surface area contributed by atoms with Gasteiger partial charge in [-0.05, 0) is 31.6 Å². The molecule has 0 unspecified atom stereocenters. The Hall–Kier alpha value is -1.71. The Morgan fingerprint density at radius 2 is 2.07 bits per heavy atom. The molecular formula is C18H34N2O7. The molecule has 4 atom stereocenters. The van der Waals surface area contributed by atoms with Crippen LogP contribution in [-0.2, 0) is 23.9 Å². The molecule has 0 aromatic carbocycles. The SMILES string of the molecule is CC[C@H](C)[C@H](CCCNC(=O)[C@H](N[C@@H]1CCCOC1)C(=O)O)OC.O=CO. The highest BCUT2D eigenvalue weighted by molar-refractivity contribution is 6.01. The lowest BCUT2D eigenvalue weighted by atomic mass is 9.98. The molecule has 1 amide bonds. The monoisotopic (exact) mass is 390 g/mol. The number of ether oxygens (including phenoxy) is 2. The van der Waals surface area contributed by atoms with Crippen molar-refractivity contribution >= 4 is 18.3 Å². The van der Waals surface area contributed by atoms with E-state index in [0.717, 1.165) is 32.1 Å². The molecular weight excluding hydrogens is 356 g/mol. The average Bonchev–Trinajstić information content (AvgIpc) is 2.66. The molecule has 1 aliphatic rings. The van der Waals surface area contributed by atoms with Crippen LogP contribution in [0.1, 0.15) is 46.0 Å². The predicted molar refractivity (Wildman–Crippen MR) is 99.6 cm³/mol. The number of carbonyl (C=O) groups is 3. The van der Waals surface area contributed by atoms with E-state index in [0.29, 0.717) is 25.7 Å². The highest BCUT2D eigenvalue weighted by Gasteiger charge is 2.29. The number of hydrogen-bond acceptors (Lipinski definition) is 6. The molecule has 1 saturated heterocycles. The summed E-state index contributed by atoms with van der Waals surface area (Å²) in [5.41, 5.74) is 0. The van der Waals surface area contributed by atoms with E-state index in [9.17, 15) is 14.7 Å². The van der Waals surface area contributed by atoms with E-state index >= 15 is 0 Å². The molecule has 4 N–H and O–H groups in total. The lowest BCUT2D eigenvalue weighted by Gasteiger charge is -2.26. The standard InChI is InChI=1S/C17H32N2O5.CH2O2/c1-4-12(2)14(23-3)8-5-9-18-16(20)15(17(21)22)19-13-7-6-10-24-11-13;2-1-3/h12-15,19H,4-11H2,1-3H3,(H,18,20)(H,21,22);1H,(H,2,3)/t12-,13+,14-,15-;/m0./s1. The number of rotatable bonds is 11. The molecule has 0 aromatic heterocycles. The Morgan fingerprint density at radius 1 is 1.41 bits per heavy atom. The van der Waals surface area contributed by atoms with Crippen molar-refractivity contribution < 1.29 is 34.1 Å². The molecule has 0 radical (unpaired) electrons. The second-order valence-electron chi connectivity index (χ2n) is 6.55. The van der Waals surface area contributed by atoms with Gasteiger partial charge in [0.25, 0.3) is 6.47 Å². The molecule has 1 rings (SSSR count). The number of nitrogens with one attached hydrogen (secondary N) is 2. The highest BCUT2D eigenvalue weighted by atomic mass is 16.5. The zero-order valence-electron chi connectivity index (χ0n) is 16.5. The minimum atomic E-state index is -1.23. The number of carboxylic acids is 1. The fourth-order valence-corrected chi connectivity index (χ4v) is 2.88. The van der Waals surface area contributed by atoms with E-state index in [4.69, 9.17) is 19.4 Å². The second kappa shape index (κ2) is 15.4. The fraction of sp³-hybridized carbons (Fsp3) is 0.833. The molecule has 1 heterocycles. The molecule has 9 nitrogen and oxygen atoms in total. The normalized spacial score (nSPS) is 19.7. The molecule has 0 aliphatic carbocycles. The first kappa shape index (κ1) is 25.3. The molecule has 0 spiro atoms. The van der Waals surface area contributed by atoms with Crippen LogP contribution < -0.4 is 10.6 Å². The number of hydrogen-bond donors (Lipinski definition) is 4. The van der Waals surface area contributed by atoms with Crippen LogP contribution in [0.5, 0.6) is 0 Å². The summed E-state index contributed by atoms with van der Waals surface area (Å²) in [6.07, 6.45) is 4.50. The summed E-state index contributed by atoms with van der Waals surface area (Å²) in [5, 5.41) is 21.8. The van der Waals surface area contributed by atoms with Crippen molar-refractivity contribution in [3.63, 3.8) is 0 Å². The molecule has 9 heteroatoms. The first-order chi connectivity index (χ1) is 12.9. The van der Waals surface area contributed by atoms with E-state index in [1.165, 1.54) is 0 Å². The van der Waals surface area contributed by atoms with Gasteiger partial charge in [-0.2, -0.15) is 0 Å². The van der Waals surface area contributed by atoms with Crippen LogP contribution in [-0.4, -0.2) is 73.6 Å². The van der Waals surface area contributed by atoms with Crippen molar-refractivity contribution in [3.05, 3.63) is 0 Å². The molecule has 1 aliphatic heterocycles. The van der Waals surface area contributed by atoms with Gasteiger partial charge in [-0.1, -0.05) is 20.3 Å². The summed E-state index contributed by atoms with van der Waals surface area (Å²) in [5.74, 6) is -1.19. The molecule has 27 heavy (non-hydrogen) atoms. The number of aliphatic carboxylic acids is 1. The van der Waals surface area contributed by atoms with Gasteiger partial charge in [0, 0.05) is 26.3 Å². The Kier molecular flexibility index (Phi) is 14.4. The van der Waals surface area contributed by atoms with Crippen LogP contribution in [0.25, 0.3) is 0 Å². The third kappa shape index (κ3) is 10.9. The van der Waals surface area contributed by atoms with Gasteiger partial charge in [0.2, 0.25) is 5.91 Å². The maximum Gasteiger partial charge on any atom is 0.330 e. The number of carbonyl (C=O) groups excluding carboxylic acids is 1. The molecule has 1 fully saturated rings. The summed E-state index contributed by atoms with van der Waals surface area (Å²) in [6, 6.07) is -1.32. The van der Waals surface area contributed by atoms with Gasteiger partial charge in [0.1, 0.15) is 0 Å². The van der Waals surface area contributed by atoms with Gasteiger partial charge in [-0.15, -0.1) is 0 Å². The Bertz CT molecular complexity index is 428. The van der Waals surface area contributed by atoms with E-state index < -0.39 is 17.9 Å². The van der Waals surface area contributed by atoms with Gasteiger partial charge in [0.05, 0.1) is 12.7 Å². The predicted octanol–water partition coefficient (Wildman–Crippen LogP) is 0.867. The lowest BCUT2D eigenvalue weighted by Crippen LogP contribution is -2.54. The van der Waals surface area contributed by atoms with Gasteiger partial charge in [-0.3, -0.25) is 14.9 Å². The smallest absolute Gasteiger partial charge is 0.330 e. The van der Waals surface area contributed by atoms with E-state index in [1.807, 2.05) is 0 Å². The van der Waals surface area contributed by atoms with Gasteiger partial charge in [0.15, 0.2) is 6.04 Å². The van der Waals surface area contributed by atoms with Gasteiger partial charge < -0.3 is 25.0 Å². The zero-order valence-corrected chi connectivity index (χ0v) is 16.5. The minimum absolute atomic E-state index is 0.0890. The van der Waals surface area contributed by atoms with E-state index in [1.54, 1.807) is 7.11 Å². The maximum atomic E-state index is 12.1. The van der Waals surface area contributed by atoms with Gasteiger partial charge in [-0.25, -0.2) is 4.79 Å². The van der Waals surface area contributed by atoms with Crippen molar-refractivity contribution in [3.8, 4) is 0 Å². The van der Waals surface area contributed by atoms with Crippen LogP contribution in [0.15, 0.2) is 0 Å². The largest absolute Gasteiger partial charge is 0.483 e. The third-order valence-electron chi connectivity index (χ3n) is 4.62. The number of methoxy groups -OCH3 is 1. The van der Waals surface area contributed by atoms with Crippen LogP contribution in [0.2, 0.25) is 0 Å². The zero-order chi connectivity index (χ0) is 20.7. The fourth-order valence-electron chi connectivity index (χ4n) is 2.88. The van der Waals surface area contributed by atoms with Crippen LogP contribution >= 0.6 is 0 Å². The van der Waals surface area contributed by atoms with Crippen molar-refractivity contribution in [2.45, 2.75) is 64.1 Å².